The van der Waals surface area contributed by atoms with Crippen molar-refractivity contribution in [3.8, 4) is 0 Å². The van der Waals surface area contributed by atoms with Crippen LogP contribution in [0.25, 0.3) is 0 Å². The number of sulfonamides is 1. The van der Waals surface area contributed by atoms with E-state index in [9.17, 15) is 8.42 Å². The molecule has 0 fully saturated rings. The van der Waals surface area contributed by atoms with Crippen molar-refractivity contribution in [1.29, 1.82) is 0 Å². The van der Waals surface area contributed by atoms with Gasteiger partial charge in [0.25, 0.3) is 0 Å². The first-order valence-corrected chi connectivity index (χ1v) is 8.57. The fraction of sp³-hybridized carbons (Fsp3) is 0.333. The van der Waals surface area contributed by atoms with Crippen molar-refractivity contribution < 1.29 is 8.42 Å². The Morgan fingerprint density at radius 3 is 2.52 bits per heavy atom. The highest BCUT2D eigenvalue weighted by Gasteiger charge is 2.19. The fourth-order valence-corrected chi connectivity index (χ4v) is 3.95. The first kappa shape index (κ1) is 15.8. The molecule has 0 aliphatic carbocycles. The first-order valence-electron chi connectivity index (χ1n) is 6.27. The molecule has 2 heterocycles. The van der Waals surface area contributed by atoms with Crippen LogP contribution in [-0.2, 0) is 16.4 Å². The summed E-state index contributed by atoms with van der Waals surface area (Å²) in [7, 11) is -3.64. The molecule has 0 bridgehead atoms. The highest BCUT2D eigenvalue weighted by molar-refractivity contribution is 7.89. The number of aromatic nitrogens is 2. The number of anilines is 1. The summed E-state index contributed by atoms with van der Waals surface area (Å²) in [5.41, 5.74) is 2.25. The molecule has 1 atom stereocenters. The molecule has 9 heteroatoms. The molecule has 0 radical (unpaired) electrons. The van der Waals surface area contributed by atoms with Crippen molar-refractivity contribution in [3.63, 3.8) is 0 Å². The molecule has 0 aromatic carbocycles. The summed E-state index contributed by atoms with van der Waals surface area (Å²) in [5.74, 6) is 5.30. The van der Waals surface area contributed by atoms with Gasteiger partial charge < -0.3 is 0 Å². The van der Waals surface area contributed by atoms with E-state index >= 15 is 0 Å². The van der Waals surface area contributed by atoms with Crippen LogP contribution in [0.2, 0.25) is 0 Å². The van der Waals surface area contributed by atoms with Gasteiger partial charge in [0.15, 0.2) is 0 Å². The number of hydrazine groups is 1. The van der Waals surface area contributed by atoms with Gasteiger partial charge in [-0.15, -0.1) is 11.3 Å². The van der Waals surface area contributed by atoms with Gasteiger partial charge in [-0.05, 0) is 32.4 Å². The number of nitrogens with two attached hydrogens (primary N) is 1. The molecule has 114 valence electrons. The van der Waals surface area contributed by atoms with Crippen LogP contribution in [0.4, 0.5) is 5.95 Å². The molecule has 0 amide bonds. The van der Waals surface area contributed by atoms with Crippen LogP contribution >= 0.6 is 11.3 Å². The van der Waals surface area contributed by atoms with E-state index in [0.717, 1.165) is 4.88 Å². The number of nitrogens with zero attached hydrogens (tertiary/aromatic N) is 2. The molecule has 0 aliphatic rings. The summed E-state index contributed by atoms with van der Waals surface area (Å²) in [6, 6.07) is 3.81. The van der Waals surface area contributed by atoms with E-state index in [1.807, 2.05) is 26.0 Å². The summed E-state index contributed by atoms with van der Waals surface area (Å²) in [6.45, 7) is 3.84. The van der Waals surface area contributed by atoms with Crippen LogP contribution in [0.3, 0.4) is 0 Å². The lowest BCUT2D eigenvalue weighted by Crippen LogP contribution is -2.34. The van der Waals surface area contributed by atoms with Gasteiger partial charge in [-0.3, -0.25) is 5.43 Å². The molecule has 0 spiro atoms. The van der Waals surface area contributed by atoms with Crippen LogP contribution in [-0.4, -0.2) is 24.4 Å². The average Bonchev–Trinajstić information content (AvgIpc) is 2.83. The second kappa shape index (κ2) is 6.48. The molecule has 7 nitrogen and oxygen atoms in total. The normalized spacial score (nSPS) is 13.1. The smallest absolute Gasteiger partial charge is 0.243 e. The van der Waals surface area contributed by atoms with Gasteiger partial charge in [-0.1, -0.05) is 0 Å². The Balaban J connectivity index is 2.05. The van der Waals surface area contributed by atoms with E-state index in [4.69, 9.17) is 5.84 Å². The molecule has 4 N–H and O–H groups in total. The number of nitrogen functional groups attached to an aromatic ring is 1. The van der Waals surface area contributed by atoms with Gasteiger partial charge in [0, 0.05) is 15.8 Å². The third-order valence-electron chi connectivity index (χ3n) is 2.73. The van der Waals surface area contributed by atoms with Crippen molar-refractivity contribution in [3.05, 3.63) is 34.3 Å². The standard InChI is InChI=1S/C12H17N5O2S2/c1-8(5-10-4-3-9(2)20-10)17-21(18,19)11-6-14-12(16-13)15-7-11/h3-4,6-8,17H,5,13H2,1-2H3,(H,14,15,16). The van der Waals surface area contributed by atoms with Gasteiger partial charge in [0.2, 0.25) is 16.0 Å². The Labute approximate surface area is 127 Å². The third-order valence-corrected chi connectivity index (χ3v) is 5.29. The van der Waals surface area contributed by atoms with Crippen LogP contribution in [0.15, 0.2) is 29.4 Å². The topological polar surface area (TPSA) is 110 Å². The molecule has 0 saturated heterocycles. The molecule has 2 aromatic rings. The molecule has 21 heavy (non-hydrogen) atoms. The molecule has 2 aromatic heterocycles. The molecule has 0 aliphatic heterocycles. The van der Waals surface area contributed by atoms with E-state index < -0.39 is 10.0 Å². The Hall–Kier alpha value is -1.55. The van der Waals surface area contributed by atoms with E-state index in [-0.39, 0.29) is 16.9 Å². The Morgan fingerprint density at radius 2 is 2.00 bits per heavy atom. The molecular formula is C12H17N5O2S2. The number of aryl methyl sites for hydroxylation is 1. The summed E-state index contributed by atoms with van der Waals surface area (Å²) in [5, 5.41) is 0. The number of nitrogens with one attached hydrogen (secondary N) is 2. The summed E-state index contributed by atoms with van der Waals surface area (Å²) < 4.78 is 27.0. The van der Waals surface area contributed by atoms with E-state index in [1.54, 1.807) is 11.3 Å². The second-order valence-electron chi connectivity index (χ2n) is 4.63. The minimum absolute atomic E-state index is 0.00992. The van der Waals surface area contributed by atoms with Gasteiger partial charge >= 0.3 is 0 Å². The van der Waals surface area contributed by atoms with Gasteiger partial charge in [-0.2, -0.15) is 0 Å². The van der Waals surface area contributed by atoms with Crippen molar-refractivity contribution >= 4 is 27.3 Å². The zero-order valence-electron chi connectivity index (χ0n) is 11.7. The Kier molecular flexibility index (Phi) is 4.88. The van der Waals surface area contributed by atoms with E-state index in [0.29, 0.717) is 6.42 Å². The Morgan fingerprint density at radius 1 is 1.33 bits per heavy atom. The monoisotopic (exact) mass is 327 g/mol. The van der Waals surface area contributed by atoms with Gasteiger partial charge in [-0.25, -0.2) is 29.0 Å². The summed E-state index contributed by atoms with van der Waals surface area (Å²) >= 11 is 1.66. The van der Waals surface area contributed by atoms with Crippen LogP contribution in [0.1, 0.15) is 16.7 Å². The second-order valence-corrected chi connectivity index (χ2v) is 7.71. The predicted octanol–water partition coefficient (Wildman–Crippen LogP) is 1.04. The molecule has 0 saturated carbocycles. The minimum Gasteiger partial charge on any atom is -0.292 e. The summed E-state index contributed by atoms with van der Waals surface area (Å²) in [6.07, 6.45) is 3.07. The van der Waals surface area contributed by atoms with Crippen molar-refractivity contribution in [2.75, 3.05) is 5.43 Å². The number of thiophene rings is 1. The minimum atomic E-state index is -3.64. The quantitative estimate of drug-likeness (QED) is 0.540. The molecular weight excluding hydrogens is 310 g/mol. The SMILES string of the molecule is Cc1ccc(CC(C)NS(=O)(=O)c2cnc(NN)nc2)s1. The van der Waals surface area contributed by atoms with Crippen molar-refractivity contribution in [2.45, 2.75) is 31.2 Å². The maximum Gasteiger partial charge on any atom is 0.243 e. The third kappa shape index (κ3) is 4.21. The zero-order chi connectivity index (χ0) is 15.5. The number of hydrogen-bond donors (Lipinski definition) is 3. The highest BCUT2D eigenvalue weighted by Crippen LogP contribution is 2.17. The maximum atomic E-state index is 12.2. The van der Waals surface area contributed by atoms with E-state index in [1.165, 1.54) is 17.3 Å². The van der Waals surface area contributed by atoms with Crippen LogP contribution in [0.5, 0.6) is 0 Å². The lowest BCUT2D eigenvalue weighted by Gasteiger charge is -2.13. The highest BCUT2D eigenvalue weighted by atomic mass is 32.2. The summed E-state index contributed by atoms with van der Waals surface area (Å²) in [4.78, 5) is 9.94. The Bertz CT molecular complexity index is 697. The van der Waals surface area contributed by atoms with Crippen LogP contribution in [0, 0.1) is 6.92 Å². The van der Waals surface area contributed by atoms with Gasteiger partial charge in [0.05, 0.1) is 12.4 Å². The van der Waals surface area contributed by atoms with Gasteiger partial charge in [0.1, 0.15) is 4.90 Å². The van der Waals surface area contributed by atoms with E-state index in [2.05, 4.69) is 20.1 Å². The van der Waals surface area contributed by atoms with Crippen molar-refractivity contribution in [2.24, 2.45) is 5.84 Å². The predicted molar refractivity (Wildman–Crippen MR) is 82.4 cm³/mol. The van der Waals surface area contributed by atoms with Crippen LogP contribution < -0.4 is 16.0 Å². The zero-order valence-corrected chi connectivity index (χ0v) is 13.3. The molecule has 1 unspecified atom stereocenters. The lowest BCUT2D eigenvalue weighted by molar-refractivity contribution is 0.560. The van der Waals surface area contributed by atoms with Crippen molar-refractivity contribution in [1.82, 2.24) is 14.7 Å². The molecule has 2 rings (SSSR count). The lowest BCUT2D eigenvalue weighted by atomic mass is 10.2. The average molecular weight is 327 g/mol. The first-order chi connectivity index (χ1) is 9.90. The number of hydrogen-bond acceptors (Lipinski definition) is 7. The fourth-order valence-electron chi connectivity index (χ4n) is 1.80. The number of rotatable bonds is 6. The largest absolute Gasteiger partial charge is 0.292 e. The maximum absolute atomic E-state index is 12.2.